The highest BCUT2D eigenvalue weighted by Crippen LogP contribution is 2.39. The molecule has 2 aliphatic heterocycles. The van der Waals surface area contributed by atoms with E-state index >= 15 is 0 Å². The van der Waals surface area contributed by atoms with Crippen LogP contribution in [0.15, 0.2) is 30.3 Å². The van der Waals surface area contributed by atoms with Gasteiger partial charge in [0.15, 0.2) is 9.84 Å². The first-order valence-electron chi connectivity index (χ1n) is 7.98. The quantitative estimate of drug-likeness (QED) is 0.827. The van der Waals surface area contributed by atoms with E-state index in [1.54, 1.807) is 0 Å². The van der Waals surface area contributed by atoms with Crippen molar-refractivity contribution in [1.29, 1.82) is 0 Å². The summed E-state index contributed by atoms with van der Waals surface area (Å²) in [5.74, 6) is 0.848. The number of hydrogen-bond donors (Lipinski definition) is 0. The molecular formula is C18H24O3S. The smallest absolute Gasteiger partial charge is 0.159 e. The molecule has 0 aliphatic carbocycles. The van der Waals surface area contributed by atoms with Gasteiger partial charge in [-0.25, -0.2) is 8.42 Å². The Labute approximate surface area is 133 Å². The molecule has 1 aromatic rings. The Bertz CT molecular complexity index is 678. The first-order chi connectivity index (χ1) is 10.3. The molecule has 2 heterocycles. The van der Waals surface area contributed by atoms with Crippen LogP contribution >= 0.6 is 0 Å². The Morgan fingerprint density at radius 2 is 1.77 bits per heavy atom. The lowest BCUT2D eigenvalue weighted by Crippen LogP contribution is -2.38. The van der Waals surface area contributed by atoms with Crippen molar-refractivity contribution >= 4 is 15.4 Å². The van der Waals surface area contributed by atoms with Crippen molar-refractivity contribution in [3.63, 3.8) is 0 Å². The average molecular weight is 320 g/mol. The summed E-state index contributed by atoms with van der Waals surface area (Å²) in [6, 6.07) is 8.03. The maximum Gasteiger partial charge on any atom is 0.159 e. The fourth-order valence-electron chi connectivity index (χ4n) is 3.36. The summed E-state index contributed by atoms with van der Waals surface area (Å²) < 4.78 is 30.5. The minimum Gasteiger partial charge on any atom is -0.488 e. The first kappa shape index (κ1) is 15.6. The lowest BCUT2D eigenvalue weighted by molar-refractivity contribution is 0.131. The summed E-state index contributed by atoms with van der Waals surface area (Å²) in [4.78, 5) is 0. The monoisotopic (exact) mass is 320 g/mol. The number of rotatable bonds is 2. The van der Waals surface area contributed by atoms with E-state index in [2.05, 4.69) is 0 Å². The Balaban J connectivity index is 1.85. The van der Waals surface area contributed by atoms with Crippen molar-refractivity contribution in [3.8, 4) is 5.75 Å². The predicted octanol–water partition coefficient (Wildman–Crippen LogP) is 3.99. The maximum atomic E-state index is 12.3. The van der Waals surface area contributed by atoms with Crippen LogP contribution in [0.4, 0.5) is 0 Å². The molecule has 0 saturated carbocycles. The van der Waals surface area contributed by atoms with E-state index in [-0.39, 0.29) is 16.1 Å². The highest BCUT2D eigenvalue weighted by molar-refractivity contribution is 7.93. The number of hydrogen-bond acceptors (Lipinski definition) is 3. The van der Waals surface area contributed by atoms with Crippen molar-refractivity contribution in [1.82, 2.24) is 0 Å². The summed E-state index contributed by atoms with van der Waals surface area (Å²) in [7, 11) is -2.94. The normalized spacial score (nSPS) is 27.1. The molecule has 3 rings (SSSR count). The molecule has 2 unspecified atom stereocenters. The van der Waals surface area contributed by atoms with Crippen LogP contribution in [0, 0.1) is 0 Å². The molecule has 120 valence electrons. The molecule has 2 bridgehead atoms. The molecule has 0 spiro atoms. The standard InChI is InChI=1S/C18H24O3S/c1-18(2,3)21-15-9-7-13(8-10-15)14-11-16-5-4-6-17(12-14)22(16,19)20/h7-11,16-17H,4-6,12H2,1-3H3. The largest absolute Gasteiger partial charge is 0.488 e. The van der Waals surface area contributed by atoms with E-state index in [1.807, 2.05) is 51.1 Å². The molecular weight excluding hydrogens is 296 g/mol. The predicted molar refractivity (Wildman–Crippen MR) is 89.8 cm³/mol. The zero-order chi connectivity index (χ0) is 16.0. The van der Waals surface area contributed by atoms with E-state index in [0.717, 1.165) is 30.6 Å². The molecule has 0 amide bonds. The van der Waals surface area contributed by atoms with Crippen molar-refractivity contribution in [2.24, 2.45) is 0 Å². The van der Waals surface area contributed by atoms with Gasteiger partial charge in [-0.05, 0) is 63.3 Å². The molecule has 4 heteroatoms. The van der Waals surface area contributed by atoms with Gasteiger partial charge in [0, 0.05) is 0 Å². The van der Waals surface area contributed by atoms with Crippen LogP contribution in [0.3, 0.4) is 0 Å². The van der Waals surface area contributed by atoms with Crippen molar-refractivity contribution in [3.05, 3.63) is 35.9 Å². The van der Waals surface area contributed by atoms with Crippen molar-refractivity contribution in [2.45, 2.75) is 62.6 Å². The molecule has 2 atom stereocenters. The summed E-state index contributed by atoms with van der Waals surface area (Å²) in [6.07, 6.45) is 5.23. The van der Waals surface area contributed by atoms with Gasteiger partial charge in [-0.15, -0.1) is 0 Å². The first-order valence-corrected chi connectivity index (χ1v) is 9.59. The highest BCUT2D eigenvalue weighted by atomic mass is 32.2. The molecule has 2 aliphatic rings. The third-order valence-electron chi connectivity index (χ3n) is 4.39. The van der Waals surface area contributed by atoms with Crippen LogP contribution in [0.2, 0.25) is 0 Å². The van der Waals surface area contributed by atoms with Crippen LogP contribution in [-0.4, -0.2) is 24.5 Å². The molecule has 1 aromatic carbocycles. The molecule has 3 nitrogen and oxygen atoms in total. The van der Waals surface area contributed by atoms with Crippen LogP contribution in [-0.2, 0) is 9.84 Å². The second-order valence-electron chi connectivity index (χ2n) is 7.32. The molecule has 1 fully saturated rings. The lowest BCUT2D eigenvalue weighted by atomic mass is 9.93. The number of benzene rings is 1. The summed E-state index contributed by atoms with van der Waals surface area (Å²) >= 11 is 0. The third-order valence-corrected chi connectivity index (χ3v) is 6.93. The Hall–Kier alpha value is -1.29. The van der Waals surface area contributed by atoms with Crippen LogP contribution in [0.1, 0.15) is 52.0 Å². The molecule has 0 radical (unpaired) electrons. The van der Waals surface area contributed by atoms with Gasteiger partial charge < -0.3 is 4.74 Å². The Morgan fingerprint density at radius 1 is 1.09 bits per heavy atom. The Kier molecular flexibility index (Phi) is 3.84. The number of sulfone groups is 1. The molecule has 1 saturated heterocycles. The number of fused-ring (bicyclic) bond motifs is 2. The van der Waals surface area contributed by atoms with Crippen LogP contribution in [0.5, 0.6) is 5.75 Å². The van der Waals surface area contributed by atoms with Crippen molar-refractivity contribution in [2.75, 3.05) is 0 Å². The van der Waals surface area contributed by atoms with Crippen LogP contribution in [0.25, 0.3) is 5.57 Å². The zero-order valence-electron chi connectivity index (χ0n) is 13.5. The van der Waals surface area contributed by atoms with Gasteiger partial charge in [0.2, 0.25) is 0 Å². The van der Waals surface area contributed by atoms with Gasteiger partial charge >= 0.3 is 0 Å². The summed E-state index contributed by atoms with van der Waals surface area (Å²) in [6.45, 7) is 6.07. The number of allylic oxidation sites excluding steroid dienone is 1. The molecule has 22 heavy (non-hydrogen) atoms. The summed E-state index contributed by atoms with van der Waals surface area (Å²) in [5, 5.41) is -0.461. The minimum absolute atomic E-state index is 0.184. The van der Waals surface area contributed by atoms with Crippen molar-refractivity contribution < 1.29 is 13.2 Å². The average Bonchev–Trinajstić information content (AvgIpc) is 2.36. The van der Waals surface area contributed by atoms with Gasteiger partial charge in [0.1, 0.15) is 11.4 Å². The lowest BCUT2D eigenvalue weighted by Gasteiger charge is -2.33. The van der Waals surface area contributed by atoms with E-state index in [0.29, 0.717) is 6.42 Å². The second kappa shape index (κ2) is 5.41. The van der Waals surface area contributed by atoms with E-state index in [9.17, 15) is 8.42 Å². The van der Waals surface area contributed by atoms with Gasteiger partial charge in [0.25, 0.3) is 0 Å². The third kappa shape index (κ3) is 3.07. The highest BCUT2D eigenvalue weighted by Gasteiger charge is 2.40. The van der Waals surface area contributed by atoms with Gasteiger partial charge in [-0.1, -0.05) is 24.6 Å². The van der Waals surface area contributed by atoms with Crippen LogP contribution < -0.4 is 4.74 Å². The fraction of sp³-hybridized carbons (Fsp3) is 0.556. The topological polar surface area (TPSA) is 43.4 Å². The molecule has 0 aromatic heterocycles. The molecule has 0 N–H and O–H groups in total. The van der Waals surface area contributed by atoms with Gasteiger partial charge in [-0.3, -0.25) is 0 Å². The zero-order valence-corrected chi connectivity index (χ0v) is 14.3. The second-order valence-corrected chi connectivity index (χ2v) is 9.77. The van der Waals surface area contributed by atoms with E-state index in [1.165, 1.54) is 5.57 Å². The number of ether oxygens (including phenoxy) is 1. The summed E-state index contributed by atoms with van der Waals surface area (Å²) in [5.41, 5.74) is 2.08. The minimum atomic E-state index is -2.94. The van der Waals surface area contributed by atoms with E-state index < -0.39 is 9.84 Å². The fourth-order valence-corrected chi connectivity index (χ4v) is 5.61. The SMILES string of the molecule is CC(C)(C)Oc1ccc(C2=CC3CCCC(C2)S3(=O)=O)cc1. The van der Waals surface area contributed by atoms with E-state index in [4.69, 9.17) is 4.74 Å². The Morgan fingerprint density at radius 3 is 2.36 bits per heavy atom. The van der Waals surface area contributed by atoms with Gasteiger partial charge in [-0.2, -0.15) is 0 Å². The maximum absolute atomic E-state index is 12.3. The van der Waals surface area contributed by atoms with Gasteiger partial charge in [0.05, 0.1) is 10.5 Å².